The van der Waals surface area contributed by atoms with E-state index < -0.39 is 0 Å². The molecule has 0 bridgehead atoms. The third-order valence-electron chi connectivity index (χ3n) is 5.58. The predicted octanol–water partition coefficient (Wildman–Crippen LogP) is 3.41. The minimum Gasteiger partial charge on any atom is -0.329 e. The van der Waals surface area contributed by atoms with Crippen molar-refractivity contribution in [1.82, 2.24) is 4.90 Å². The Labute approximate surface area is 113 Å². The van der Waals surface area contributed by atoms with Gasteiger partial charge in [-0.15, -0.1) is 0 Å². The van der Waals surface area contributed by atoms with Gasteiger partial charge in [-0.2, -0.15) is 0 Å². The number of likely N-dealkylation sites (tertiary alicyclic amines) is 1. The minimum absolute atomic E-state index is 0.331. The molecule has 2 unspecified atom stereocenters. The molecule has 1 aliphatic carbocycles. The topological polar surface area (TPSA) is 29.3 Å². The summed E-state index contributed by atoms with van der Waals surface area (Å²) in [4.78, 5) is 2.74. The monoisotopic (exact) mass is 252 g/mol. The van der Waals surface area contributed by atoms with Crippen LogP contribution in [0.5, 0.6) is 0 Å². The summed E-state index contributed by atoms with van der Waals surface area (Å²) < 4.78 is 0. The normalized spacial score (nSPS) is 37.7. The molecule has 0 aromatic heterocycles. The number of nitrogens with zero attached hydrogens (tertiary/aromatic N) is 1. The van der Waals surface area contributed by atoms with Crippen LogP contribution in [0.4, 0.5) is 0 Å². The van der Waals surface area contributed by atoms with E-state index in [1.807, 2.05) is 0 Å². The quantitative estimate of drug-likeness (QED) is 0.780. The van der Waals surface area contributed by atoms with Crippen molar-refractivity contribution < 1.29 is 0 Å². The number of rotatable bonds is 3. The Bertz CT molecular complexity index is 274. The molecule has 0 amide bonds. The van der Waals surface area contributed by atoms with E-state index in [9.17, 15) is 0 Å². The lowest BCUT2D eigenvalue weighted by molar-refractivity contribution is 0.0927. The predicted molar refractivity (Wildman–Crippen MR) is 78.6 cm³/mol. The van der Waals surface area contributed by atoms with E-state index in [2.05, 4.69) is 25.7 Å². The molecule has 18 heavy (non-hydrogen) atoms. The van der Waals surface area contributed by atoms with E-state index in [1.165, 1.54) is 58.0 Å². The maximum Gasteiger partial charge on any atom is 0.0332 e. The highest BCUT2D eigenvalue weighted by Gasteiger charge is 2.42. The second-order valence-corrected chi connectivity index (χ2v) is 7.47. The van der Waals surface area contributed by atoms with Crippen molar-refractivity contribution in [3.63, 3.8) is 0 Å². The second kappa shape index (κ2) is 5.50. The Morgan fingerprint density at radius 2 is 1.94 bits per heavy atom. The SMILES string of the molecule is CCC1CCCC(CN)(N2CCC(C)(C)C2)CC1. The van der Waals surface area contributed by atoms with Crippen LogP contribution in [-0.4, -0.2) is 30.1 Å². The molecule has 1 heterocycles. The molecule has 2 N–H and O–H groups in total. The van der Waals surface area contributed by atoms with E-state index in [4.69, 9.17) is 5.73 Å². The van der Waals surface area contributed by atoms with Crippen molar-refractivity contribution in [1.29, 1.82) is 0 Å². The van der Waals surface area contributed by atoms with Gasteiger partial charge in [-0.25, -0.2) is 0 Å². The van der Waals surface area contributed by atoms with Crippen LogP contribution in [0.1, 0.15) is 65.7 Å². The third-order valence-corrected chi connectivity index (χ3v) is 5.58. The summed E-state index contributed by atoms with van der Waals surface area (Å²) >= 11 is 0. The Hall–Kier alpha value is -0.0800. The fraction of sp³-hybridized carbons (Fsp3) is 1.00. The summed E-state index contributed by atoms with van der Waals surface area (Å²) in [7, 11) is 0. The standard InChI is InChI=1S/C16H32N2/c1-4-14-6-5-8-16(12-17,9-7-14)18-11-10-15(2,3)13-18/h14H,4-13,17H2,1-3H3. The summed E-state index contributed by atoms with van der Waals surface area (Å²) in [6.07, 6.45) is 9.55. The van der Waals surface area contributed by atoms with Crippen LogP contribution in [0.15, 0.2) is 0 Å². The van der Waals surface area contributed by atoms with Gasteiger partial charge >= 0.3 is 0 Å². The van der Waals surface area contributed by atoms with Crippen molar-refractivity contribution in [3.05, 3.63) is 0 Å². The maximum absolute atomic E-state index is 6.22. The molecule has 0 radical (unpaired) electrons. The molecule has 0 spiro atoms. The lowest BCUT2D eigenvalue weighted by Crippen LogP contribution is -2.53. The van der Waals surface area contributed by atoms with Crippen LogP contribution in [0.3, 0.4) is 0 Å². The van der Waals surface area contributed by atoms with Crippen molar-refractivity contribution in [2.24, 2.45) is 17.1 Å². The lowest BCUT2D eigenvalue weighted by atomic mass is 9.87. The largest absolute Gasteiger partial charge is 0.329 e. The lowest BCUT2D eigenvalue weighted by Gasteiger charge is -2.41. The van der Waals surface area contributed by atoms with Crippen LogP contribution in [0, 0.1) is 11.3 Å². The molecular weight excluding hydrogens is 220 g/mol. The van der Waals surface area contributed by atoms with Gasteiger partial charge in [0.25, 0.3) is 0 Å². The van der Waals surface area contributed by atoms with Gasteiger partial charge in [0.15, 0.2) is 0 Å². The van der Waals surface area contributed by atoms with E-state index >= 15 is 0 Å². The van der Waals surface area contributed by atoms with E-state index in [0.717, 1.165) is 12.5 Å². The minimum atomic E-state index is 0.331. The molecule has 0 aromatic carbocycles. The molecular formula is C16H32N2. The highest BCUT2D eigenvalue weighted by Crippen LogP contribution is 2.40. The molecule has 106 valence electrons. The summed E-state index contributed by atoms with van der Waals surface area (Å²) in [6.45, 7) is 10.5. The average molecular weight is 252 g/mol. The first-order valence-electron chi connectivity index (χ1n) is 7.96. The molecule has 2 rings (SSSR count). The van der Waals surface area contributed by atoms with Gasteiger partial charge in [0.05, 0.1) is 0 Å². The fourth-order valence-corrected chi connectivity index (χ4v) is 4.04. The first kappa shape index (κ1) is 14.3. The van der Waals surface area contributed by atoms with Gasteiger partial charge in [-0.1, -0.05) is 40.0 Å². The summed E-state index contributed by atoms with van der Waals surface area (Å²) in [6, 6.07) is 0. The van der Waals surface area contributed by atoms with Crippen LogP contribution < -0.4 is 5.73 Å². The Morgan fingerprint density at radius 1 is 1.17 bits per heavy atom. The molecule has 2 aliphatic rings. The highest BCUT2D eigenvalue weighted by atomic mass is 15.2. The maximum atomic E-state index is 6.22. The smallest absolute Gasteiger partial charge is 0.0332 e. The number of hydrogen-bond donors (Lipinski definition) is 1. The van der Waals surface area contributed by atoms with Gasteiger partial charge in [-0.3, -0.25) is 4.90 Å². The summed E-state index contributed by atoms with van der Waals surface area (Å²) in [5.74, 6) is 0.953. The molecule has 2 heteroatoms. The molecule has 0 aromatic rings. The van der Waals surface area contributed by atoms with E-state index in [0.29, 0.717) is 11.0 Å². The molecule has 1 aliphatic heterocycles. The zero-order valence-electron chi connectivity index (χ0n) is 12.7. The Kier molecular flexibility index (Phi) is 4.38. The Morgan fingerprint density at radius 3 is 2.50 bits per heavy atom. The zero-order chi connectivity index (χ0) is 13.2. The average Bonchev–Trinajstić information content (AvgIpc) is 2.61. The summed E-state index contributed by atoms with van der Waals surface area (Å²) in [5.41, 5.74) is 7.05. The van der Waals surface area contributed by atoms with Gasteiger partial charge in [-0.05, 0) is 43.6 Å². The van der Waals surface area contributed by atoms with Gasteiger partial charge in [0, 0.05) is 18.6 Å². The number of hydrogen-bond acceptors (Lipinski definition) is 2. The molecule has 2 nitrogen and oxygen atoms in total. The van der Waals surface area contributed by atoms with Crippen molar-refractivity contribution in [2.75, 3.05) is 19.6 Å². The first-order chi connectivity index (χ1) is 8.51. The van der Waals surface area contributed by atoms with Crippen molar-refractivity contribution >= 4 is 0 Å². The van der Waals surface area contributed by atoms with Crippen LogP contribution >= 0.6 is 0 Å². The van der Waals surface area contributed by atoms with Gasteiger partial charge < -0.3 is 5.73 Å². The summed E-state index contributed by atoms with van der Waals surface area (Å²) in [5, 5.41) is 0. The van der Waals surface area contributed by atoms with Crippen LogP contribution in [-0.2, 0) is 0 Å². The van der Waals surface area contributed by atoms with Crippen LogP contribution in [0.25, 0.3) is 0 Å². The van der Waals surface area contributed by atoms with E-state index in [1.54, 1.807) is 0 Å². The molecule has 2 fully saturated rings. The highest BCUT2D eigenvalue weighted by molar-refractivity contribution is 4.99. The van der Waals surface area contributed by atoms with Gasteiger partial charge in [0.2, 0.25) is 0 Å². The number of nitrogens with two attached hydrogens (primary N) is 1. The zero-order valence-corrected chi connectivity index (χ0v) is 12.7. The van der Waals surface area contributed by atoms with Crippen LogP contribution in [0.2, 0.25) is 0 Å². The fourth-order valence-electron chi connectivity index (χ4n) is 4.04. The first-order valence-corrected chi connectivity index (χ1v) is 7.96. The molecule has 1 saturated heterocycles. The van der Waals surface area contributed by atoms with Gasteiger partial charge in [0.1, 0.15) is 0 Å². The van der Waals surface area contributed by atoms with Crippen molar-refractivity contribution in [3.8, 4) is 0 Å². The second-order valence-electron chi connectivity index (χ2n) is 7.47. The third kappa shape index (κ3) is 2.91. The molecule has 1 saturated carbocycles. The van der Waals surface area contributed by atoms with E-state index in [-0.39, 0.29) is 0 Å². The Balaban J connectivity index is 2.06. The van der Waals surface area contributed by atoms with Crippen molar-refractivity contribution in [2.45, 2.75) is 71.3 Å². The molecule has 2 atom stereocenters.